The van der Waals surface area contributed by atoms with E-state index >= 15 is 0 Å². The zero-order valence-electron chi connectivity index (χ0n) is 17.4. The zero-order valence-corrected chi connectivity index (χ0v) is 19.0. The van der Waals surface area contributed by atoms with E-state index in [1.807, 2.05) is 38.1 Å². The van der Waals surface area contributed by atoms with E-state index in [4.69, 9.17) is 9.57 Å². The van der Waals surface area contributed by atoms with Crippen LogP contribution in [0.5, 0.6) is 0 Å². The van der Waals surface area contributed by atoms with Crippen LogP contribution >= 0.6 is 11.3 Å². The first-order valence-electron chi connectivity index (χ1n) is 10.1. The maximum atomic E-state index is 12.7. The number of oxime groups is 1. The van der Waals surface area contributed by atoms with Crippen molar-refractivity contribution < 1.29 is 22.8 Å². The number of carbonyl (C=O) groups excluding carboxylic acids is 1. The summed E-state index contributed by atoms with van der Waals surface area (Å²) >= 11 is 1.21. The Morgan fingerprint density at radius 1 is 1.26 bits per heavy atom. The maximum Gasteiger partial charge on any atom is 0.414 e. The van der Waals surface area contributed by atoms with E-state index in [1.54, 1.807) is 17.5 Å². The normalized spacial score (nSPS) is 19.5. The smallest absolute Gasteiger partial charge is 0.392 e. The molecule has 3 heterocycles. The molecule has 2 aliphatic rings. The van der Waals surface area contributed by atoms with Gasteiger partial charge in [-0.05, 0) is 30.9 Å². The summed E-state index contributed by atoms with van der Waals surface area (Å²) in [6, 6.07) is 11.0. The Bertz CT molecular complexity index is 1060. The Morgan fingerprint density at radius 2 is 1.97 bits per heavy atom. The molecule has 1 aromatic carbocycles. The average Bonchev–Trinajstić information content (AvgIpc) is 3.40. The second-order valence-electron chi connectivity index (χ2n) is 7.94. The molecule has 0 saturated carbocycles. The number of hydrogen-bond donors (Lipinski definition) is 1. The van der Waals surface area contributed by atoms with Gasteiger partial charge in [0.05, 0.1) is 12.5 Å². The van der Waals surface area contributed by atoms with Gasteiger partial charge in [0, 0.05) is 25.9 Å². The van der Waals surface area contributed by atoms with Crippen molar-refractivity contribution >= 4 is 33.4 Å². The largest absolute Gasteiger partial charge is 0.414 e. The quantitative estimate of drug-likeness (QED) is 0.744. The number of sulfonamides is 1. The Kier molecular flexibility index (Phi) is 6.05. The topological polar surface area (TPSA) is 97.3 Å². The van der Waals surface area contributed by atoms with Crippen LogP contribution in [0.15, 0.2) is 51.1 Å². The number of aryl methyl sites for hydroxylation is 1. The first-order chi connectivity index (χ1) is 14.8. The summed E-state index contributed by atoms with van der Waals surface area (Å²) in [5.74, 6) is 0.211. The van der Waals surface area contributed by atoms with E-state index in [9.17, 15) is 13.2 Å². The van der Waals surface area contributed by atoms with E-state index in [0.29, 0.717) is 36.6 Å². The van der Waals surface area contributed by atoms with Gasteiger partial charge in [0.2, 0.25) is 5.90 Å². The van der Waals surface area contributed by atoms with Gasteiger partial charge in [0.1, 0.15) is 9.81 Å². The first kappa shape index (κ1) is 21.8. The number of ether oxygens (including phenoxy) is 1. The predicted molar refractivity (Wildman–Crippen MR) is 117 cm³/mol. The van der Waals surface area contributed by atoms with Gasteiger partial charge in [0.15, 0.2) is 0 Å². The molecule has 1 N–H and O–H groups in total. The summed E-state index contributed by atoms with van der Waals surface area (Å²) in [5.41, 5.74) is 1.50. The van der Waals surface area contributed by atoms with Crippen molar-refractivity contribution in [2.45, 2.75) is 49.0 Å². The Balaban J connectivity index is 1.28. The molecule has 2 aliphatic heterocycles. The fourth-order valence-electron chi connectivity index (χ4n) is 3.73. The number of amides is 1. The number of piperidine rings is 1. The minimum Gasteiger partial charge on any atom is -0.392 e. The Morgan fingerprint density at radius 3 is 2.61 bits per heavy atom. The summed E-state index contributed by atoms with van der Waals surface area (Å²) in [6.07, 6.45) is 0.710. The Hall–Kier alpha value is -2.43. The molecule has 0 bridgehead atoms. The van der Waals surface area contributed by atoms with E-state index in [0.717, 1.165) is 11.1 Å². The number of nitrogens with zero attached hydrogens (tertiary/aromatic N) is 2. The molecule has 1 saturated heterocycles. The lowest BCUT2D eigenvalue weighted by molar-refractivity contribution is -0.0506. The molecule has 1 atom stereocenters. The molecule has 0 radical (unpaired) electrons. The number of thiophene rings is 1. The number of benzene rings is 1. The van der Waals surface area contributed by atoms with Crippen molar-refractivity contribution in [3.63, 3.8) is 0 Å². The summed E-state index contributed by atoms with van der Waals surface area (Å²) in [7, 11) is -3.48. The van der Waals surface area contributed by atoms with Crippen molar-refractivity contribution in [3.05, 3.63) is 52.9 Å². The highest BCUT2D eigenvalue weighted by Crippen LogP contribution is 2.37. The molecule has 1 spiro atoms. The molecule has 4 rings (SSSR count). The lowest BCUT2D eigenvalue weighted by Gasteiger charge is -2.35. The summed E-state index contributed by atoms with van der Waals surface area (Å²) in [4.78, 5) is 17.9. The number of carbonyl (C=O) groups is 1. The third-order valence-corrected chi connectivity index (χ3v) is 8.93. The van der Waals surface area contributed by atoms with Crippen LogP contribution < -0.4 is 5.32 Å². The maximum absolute atomic E-state index is 12.7. The van der Waals surface area contributed by atoms with Crippen LogP contribution in [0.1, 0.15) is 43.4 Å². The Labute approximate surface area is 185 Å². The fourth-order valence-corrected chi connectivity index (χ4v) is 6.32. The van der Waals surface area contributed by atoms with Gasteiger partial charge in [0.25, 0.3) is 10.0 Å². The van der Waals surface area contributed by atoms with E-state index in [-0.39, 0.29) is 11.9 Å². The van der Waals surface area contributed by atoms with Crippen LogP contribution in [0.3, 0.4) is 0 Å². The molecule has 2 aromatic rings. The number of hydrogen-bond acceptors (Lipinski definition) is 7. The molecular formula is C21H25N3O5S2. The standard InChI is InChI=1S/C21H25N3O5S2/c1-15-5-7-17(8-6-15)16(2)22-20(25)28-18-14-21(29-23-18)9-11-24(12-10-21)31(26,27)19-4-3-13-30-19/h3-8,13,16H,9-12,14H2,1-2H3,(H,22,25). The van der Waals surface area contributed by atoms with Crippen molar-refractivity contribution in [1.29, 1.82) is 0 Å². The van der Waals surface area contributed by atoms with Crippen LogP contribution in [0, 0.1) is 6.92 Å². The van der Waals surface area contributed by atoms with Crippen LogP contribution in [-0.4, -0.2) is 43.4 Å². The first-order valence-corrected chi connectivity index (χ1v) is 12.4. The van der Waals surface area contributed by atoms with Crippen LogP contribution in [0.25, 0.3) is 0 Å². The van der Waals surface area contributed by atoms with Crippen LogP contribution in [0.2, 0.25) is 0 Å². The highest BCUT2D eigenvalue weighted by molar-refractivity contribution is 7.91. The molecule has 1 aromatic heterocycles. The molecule has 0 aliphatic carbocycles. The zero-order chi connectivity index (χ0) is 22.1. The van der Waals surface area contributed by atoms with Gasteiger partial charge >= 0.3 is 6.09 Å². The monoisotopic (exact) mass is 463 g/mol. The average molecular weight is 464 g/mol. The third-order valence-electron chi connectivity index (χ3n) is 5.66. The molecule has 1 amide bonds. The summed E-state index contributed by atoms with van der Waals surface area (Å²) < 4.78 is 32.5. The lowest BCUT2D eigenvalue weighted by Crippen LogP contribution is -2.46. The third kappa shape index (κ3) is 4.76. The fraction of sp³-hybridized carbons (Fsp3) is 0.429. The predicted octanol–water partition coefficient (Wildman–Crippen LogP) is 3.80. The van der Waals surface area contributed by atoms with Crippen LogP contribution in [-0.2, 0) is 19.6 Å². The molecule has 10 heteroatoms. The van der Waals surface area contributed by atoms with Gasteiger partial charge in [-0.25, -0.2) is 13.2 Å². The minimum absolute atomic E-state index is 0.211. The molecule has 166 valence electrons. The van der Waals surface area contributed by atoms with Crippen molar-refractivity contribution in [2.24, 2.45) is 5.16 Å². The molecular weight excluding hydrogens is 438 g/mol. The second kappa shape index (κ2) is 8.60. The van der Waals surface area contributed by atoms with Crippen LogP contribution in [0.4, 0.5) is 4.79 Å². The number of alkyl carbamates (subject to hydrolysis) is 1. The molecule has 1 unspecified atom stereocenters. The molecule has 8 nitrogen and oxygen atoms in total. The highest BCUT2D eigenvalue weighted by Gasteiger charge is 2.45. The van der Waals surface area contributed by atoms with Gasteiger partial charge in [-0.15, -0.1) is 11.3 Å². The van der Waals surface area contributed by atoms with Crippen molar-refractivity contribution in [2.75, 3.05) is 13.1 Å². The highest BCUT2D eigenvalue weighted by atomic mass is 32.2. The molecule has 1 fully saturated rings. The minimum atomic E-state index is -3.48. The molecule has 31 heavy (non-hydrogen) atoms. The number of nitrogens with one attached hydrogen (secondary N) is 1. The lowest BCUT2D eigenvalue weighted by atomic mass is 9.89. The van der Waals surface area contributed by atoms with E-state index in [2.05, 4.69) is 10.5 Å². The van der Waals surface area contributed by atoms with Gasteiger partial charge in [-0.2, -0.15) is 4.31 Å². The number of rotatable bonds is 4. The SMILES string of the molecule is Cc1ccc(C(C)NC(=O)OC2=NOC3(CCN(S(=O)(=O)c4cccs4)CC3)C2)cc1. The van der Waals surface area contributed by atoms with Crippen molar-refractivity contribution in [3.8, 4) is 0 Å². The van der Waals surface area contributed by atoms with Gasteiger partial charge in [-0.1, -0.05) is 41.1 Å². The van der Waals surface area contributed by atoms with E-state index < -0.39 is 21.7 Å². The van der Waals surface area contributed by atoms with Gasteiger partial charge < -0.3 is 14.9 Å². The summed E-state index contributed by atoms with van der Waals surface area (Å²) in [5, 5.41) is 8.49. The second-order valence-corrected chi connectivity index (χ2v) is 11.1. The summed E-state index contributed by atoms with van der Waals surface area (Å²) in [6.45, 7) is 4.55. The van der Waals surface area contributed by atoms with Gasteiger partial charge in [-0.3, -0.25) is 0 Å². The van der Waals surface area contributed by atoms with Crippen molar-refractivity contribution in [1.82, 2.24) is 9.62 Å². The van der Waals surface area contributed by atoms with E-state index in [1.165, 1.54) is 15.6 Å².